The van der Waals surface area contributed by atoms with Crippen LogP contribution in [0.3, 0.4) is 0 Å². The van der Waals surface area contributed by atoms with Gasteiger partial charge < -0.3 is 15.5 Å². The number of aromatic hydroxyl groups is 1. The second kappa shape index (κ2) is 9.33. The molecule has 31 heavy (non-hydrogen) atoms. The van der Waals surface area contributed by atoms with Crippen molar-refractivity contribution >= 4 is 22.6 Å². The number of aromatic nitrogens is 2. The van der Waals surface area contributed by atoms with E-state index in [-0.39, 0.29) is 11.4 Å². The van der Waals surface area contributed by atoms with E-state index in [4.69, 9.17) is 4.98 Å². The zero-order valence-electron chi connectivity index (χ0n) is 17.9. The lowest BCUT2D eigenvalue weighted by Crippen LogP contribution is -2.09. The van der Waals surface area contributed by atoms with Gasteiger partial charge in [0, 0.05) is 29.0 Å². The van der Waals surface area contributed by atoms with Gasteiger partial charge in [0.2, 0.25) is 0 Å². The van der Waals surface area contributed by atoms with Gasteiger partial charge in [0.1, 0.15) is 0 Å². The lowest BCUT2D eigenvalue weighted by molar-refractivity contribution is 0.0686. The summed E-state index contributed by atoms with van der Waals surface area (Å²) in [4.78, 5) is 20.3. The van der Waals surface area contributed by atoms with E-state index in [1.165, 1.54) is 41.6 Å². The van der Waals surface area contributed by atoms with Crippen LogP contribution in [0.15, 0.2) is 30.3 Å². The fourth-order valence-electron chi connectivity index (χ4n) is 4.41. The lowest BCUT2D eigenvalue weighted by atomic mass is 10.0. The summed E-state index contributed by atoms with van der Waals surface area (Å²) in [6.45, 7) is 2.54. The average Bonchev–Trinajstić information content (AvgIpc) is 3.00. The highest BCUT2D eigenvalue weighted by molar-refractivity contribution is 5.93. The number of nitrogens with one attached hydrogen (secondary N) is 1. The molecule has 3 aromatic rings. The van der Waals surface area contributed by atoms with Gasteiger partial charge >= 0.3 is 5.97 Å². The molecule has 1 aliphatic carbocycles. The minimum atomic E-state index is -1.20. The topological polar surface area (TPSA) is 95.3 Å². The van der Waals surface area contributed by atoms with Crippen molar-refractivity contribution in [3.05, 3.63) is 58.5 Å². The number of carboxylic acids is 1. The molecule has 0 radical (unpaired) electrons. The van der Waals surface area contributed by atoms with Gasteiger partial charge in [0.05, 0.1) is 5.52 Å². The molecule has 0 spiro atoms. The number of carbonyl (C=O) groups is 1. The number of para-hydroxylation sites is 1. The molecule has 162 valence electrons. The number of unbranched alkanes of at least 4 members (excludes halogenated alkanes) is 1. The molecule has 0 amide bonds. The van der Waals surface area contributed by atoms with Gasteiger partial charge in [-0.2, -0.15) is 0 Å². The molecule has 2 aromatic heterocycles. The van der Waals surface area contributed by atoms with Gasteiger partial charge in [-0.3, -0.25) is 4.98 Å². The van der Waals surface area contributed by atoms with Crippen molar-refractivity contribution in [2.24, 2.45) is 0 Å². The molecule has 0 unspecified atom stereocenters. The first-order valence-electron chi connectivity index (χ1n) is 11.1. The van der Waals surface area contributed by atoms with Crippen LogP contribution < -0.4 is 5.32 Å². The van der Waals surface area contributed by atoms with E-state index in [1.54, 1.807) is 13.0 Å². The molecule has 3 N–H and O–H groups in total. The summed E-state index contributed by atoms with van der Waals surface area (Å²) in [6.07, 6.45) is 8.29. The molecule has 1 aliphatic rings. The van der Waals surface area contributed by atoms with Crippen LogP contribution in [0.1, 0.15) is 65.1 Å². The van der Waals surface area contributed by atoms with Crippen molar-refractivity contribution in [3.8, 4) is 5.75 Å². The maximum absolute atomic E-state index is 11.3. The second-order valence-electron chi connectivity index (χ2n) is 8.31. The van der Waals surface area contributed by atoms with Crippen LogP contribution in [0.25, 0.3) is 10.9 Å². The van der Waals surface area contributed by atoms with Gasteiger partial charge in [-0.05, 0) is 75.1 Å². The van der Waals surface area contributed by atoms with Crippen LogP contribution in [-0.2, 0) is 19.3 Å². The Morgan fingerprint density at radius 2 is 1.90 bits per heavy atom. The largest absolute Gasteiger partial charge is 0.505 e. The minimum Gasteiger partial charge on any atom is -0.505 e. The number of nitrogens with zero attached hydrogens (tertiary/aromatic N) is 2. The van der Waals surface area contributed by atoms with E-state index in [0.717, 1.165) is 37.7 Å². The summed E-state index contributed by atoms with van der Waals surface area (Å²) in [5.41, 5.74) is 5.88. The summed E-state index contributed by atoms with van der Waals surface area (Å²) in [5.74, 6) is -1.45. The average molecular weight is 420 g/mol. The number of hydrogen-bond acceptors (Lipinski definition) is 5. The highest BCUT2D eigenvalue weighted by Gasteiger charge is 2.17. The van der Waals surface area contributed by atoms with Crippen molar-refractivity contribution in [1.29, 1.82) is 0 Å². The van der Waals surface area contributed by atoms with Crippen molar-refractivity contribution < 1.29 is 15.0 Å². The predicted molar refractivity (Wildman–Crippen MR) is 122 cm³/mol. The summed E-state index contributed by atoms with van der Waals surface area (Å²) >= 11 is 0. The maximum Gasteiger partial charge on any atom is 0.358 e. The molecule has 0 bridgehead atoms. The molecule has 4 rings (SSSR count). The Morgan fingerprint density at radius 1 is 1.10 bits per heavy atom. The number of carboxylic acid groups (broad SMARTS) is 1. The molecule has 0 saturated heterocycles. The van der Waals surface area contributed by atoms with Crippen LogP contribution in [0.4, 0.5) is 5.69 Å². The van der Waals surface area contributed by atoms with Crippen molar-refractivity contribution in [1.82, 2.24) is 9.97 Å². The Kier molecular flexibility index (Phi) is 6.35. The number of pyridine rings is 2. The molecular weight excluding hydrogens is 390 g/mol. The second-order valence-corrected chi connectivity index (χ2v) is 8.31. The zero-order valence-corrected chi connectivity index (χ0v) is 17.9. The predicted octanol–water partition coefficient (Wildman–Crippen LogP) is 5.05. The standard InChI is InChI=1S/C25H29N3O3/c1-16-15-17(27-23(24(16)29)25(30)31)9-7-8-14-26-22-18-10-3-2-4-12-20(18)28-21-13-6-5-11-19(21)22/h5-6,11,13,15,29H,2-4,7-10,12,14H2,1H3,(H,26,28)(H,30,31). The Labute approximate surface area is 182 Å². The fourth-order valence-corrected chi connectivity index (χ4v) is 4.41. The minimum absolute atomic E-state index is 0.247. The number of anilines is 1. The Morgan fingerprint density at radius 3 is 2.74 bits per heavy atom. The van der Waals surface area contributed by atoms with E-state index >= 15 is 0 Å². The summed E-state index contributed by atoms with van der Waals surface area (Å²) in [5, 5.41) is 24.0. The van der Waals surface area contributed by atoms with Crippen molar-refractivity contribution in [2.75, 3.05) is 11.9 Å². The van der Waals surface area contributed by atoms with Crippen LogP contribution in [-0.4, -0.2) is 32.7 Å². The number of rotatable bonds is 7. The molecule has 0 atom stereocenters. The first kappa shape index (κ1) is 21.1. The monoisotopic (exact) mass is 419 g/mol. The highest BCUT2D eigenvalue weighted by atomic mass is 16.4. The van der Waals surface area contributed by atoms with E-state index in [1.807, 2.05) is 6.07 Å². The molecule has 6 heteroatoms. The number of hydrogen-bond donors (Lipinski definition) is 3. The Bertz CT molecular complexity index is 1110. The van der Waals surface area contributed by atoms with E-state index < -0.39 is 5.97 Å². The molecular formula is C25H29N3O3. The normalized spacial score (nSPS) is 13.6. The Hall–Kier alpha value is -3.15. The first-order valence-corrected chi connectivity index (χ1v) is 11.1. The third kappa shape index (κ3) is 4.63. The zero-order chi connectivity index (χ0) is 21.8. The molecule has 2 heterocycles. The van der Waals surface area contributed by atoms with Crippen LogP contribution in [0.2, 0.25) is 0 Å². The van der Waals surface area contributed by atoms with Crippen molar-refractivity contribution in [2.45, 2.75) is 58.3 Å². The lowest BCUT2D eigenvalue weighted by Gasteiger charge is -2.17. The molecule has 0 fully saturated rings. The molecule has 1 aromatic carbocycles. The summed E-state index contributed by atoms with van der Waals surface area (Å²) in [6, 6.07) is 10.1. The van der Waals surface area contributed by atoms with E-state index in [9.17, 15) is 15.0 Å². The number of aryl methyl sites for hydroxylation is 3. The first-order chi connectivity index (χ1) is 15.0. The smallest absolute Gasteiger partial charge is 0.358 e. The molecule has 0 aliphatic heterocycles. The maximum atomic E-state index is 11.3. The van der Waals surface area contributed by atoms with Crippen molar-refractivity contribution in [3.63, 3.8) is 0 Å². The van der Waals surface area contributed by atoms with Gasteiger partial charge in [0.15, 0.2) is 11.4 Å². The Balaban J connectivity index is 1.44. The van der Waals surface area contributed by atoms with Crippen LogP contribution in [0.5, 0.6) is 5.75 Å². The molecule has 0 saturated carbocycles. The molecule has 6 nitrogen and oxygen atoms in total. The summed E-state index contributed by atoms with van der Waals surface area (Å²) in [7, 11) is 0. The van der Waals surface area contributed by atoms with Gasteiger partial charge in [-0.1, -0.05) is 24.6 Å². The third-order valence-corrected chi connectivity index (χ3v) is 6.02. The quantitative estimate of drug-likeness (QED) is 0.367. The van der Waals surface area contributed by atoms with Crippen LogP contribution in [0, 0.1) is 6.92 Å². The number of benzene rings is 1. The summed E-state index contributed by atoms with van der Waals surface area (Å²) < 4.78 is 0. The van der Waals surface area contributed by atoms with Gasteiger partial charge in [-0.25, -0.2) is 9.78 Å². The number of aromatic carboxylic acids is 1. The SMILES string of the molecule is Cc1cc(CCCCNc2c3c(nc4ccccc24)CCCCC3)nc(C(=O)O)c1O. The van der Waals surface area contributed by atoms with E-state index in [0.29, 0.717) is 17.7 Å². The van der Waals surface area contributed by atoms with Gasteiger partial charge in [0.25, 0.3) is 0 Å². The third-order valence-electron chi connectivity index (χ3n) is 6.02. The van der Waals surface area contributed by atoms with Gasteiger partial charge in [-0.15, -0.1) is 0 Å². The number of fused-ring (bicyclic) bond motifs is 2. The van der Waals surface area contributed by atoms with E-state index in [2.05, 4.69) is 28.5 Å². The highest BCUT2D eigenvalue weighted by Crippen LogP contribution is 2.32. The fraction of sp³-hybridized carbons (Fsp3) is 0.400. The van der Waals surface area contributed by atoms with Crippen LogP contribution >= 0.6 is 0 Å².